The number of amides is 2. The highest BCUT2D eigenvalue weighted by Gasteiger charge is 2.25. The third-order valence-electron chi connectivity index (χ3n) is 5.13. The van der Waals surface area contributed by atoms with Crippen molar-refractivity contribution in [3.63, 3.8) is 0 Å². The van der Waals surface area contributed by atoms with Crippen LogP contribution in [0, 0.1) is 0 Å². The van der Waals surface area contributed by atoms with Gasteiger partial charge in [0.15, 0.2) is 0 Å². The fourth-order valence-electron chi connectivity index (χ4n) is 3.55. The van der Waals surface area contributed by atoms with Crippen molar-refractivity contribution in [1.82, 2.24) is 10.2 Å². The van der Waals surface area contributed by atoms with Crippen molar-refractivity contribution in [2.75, 3.05) is 32.1 Å². The molecule has 3 rings (SSSR count). The van der Waals surface area contributed by atoms with Crippen molar-refractivity contribution < 1.29 is 14.3 Å². The summed E-state index contributed by atoms with van der Waals surface area (Å²) in [6, 6.07) is 5.29. The Kier molecular flexibility index (Phi) is 6.51. The van der Waals surface area contributed by atoms with Crippen LogP contribution in [0.4, 0.5) is 5.69 Å². The number of nitrogens with zero attached hydrogens (tertiary/aromatic N) is 1. The zero-order valence-electron chi connectivity index (χ0n) is 15.1. The lowest BCUT2D eigenvalue weighted by molar-refractivity contribution is -0.128. The summed E-state index contributed by atoms with van der Waals surface area (Å²) < 4.78 is 5.43. The minimum Gasteiger partial charge on any atom is -0.366 e. The SMILES string of the molecule is CN(C(=O)c1ccc(NC(=O)[C@H]2CNCCO2)cc1Cl)C1CCCCC1. The molecule has 1 atom stereocenters. The van der Waals surface area contributed by atoms with Crippen LogP contribution in [0.5, 0.6) is 0 Å². The fraction of sp³-hybridized carbons (Fsp3) is 0.579. The normalized spacial score (nSPS) is 21.2. The molecule has 7 heteroatoms. The number of morpholine rings is 1. The summed E-state index contributed by atoms with van der Waals surface area (Å²) in [7, 11) is 1.84. The second-order valence-electron chi connectivity index (χ2n) is 6.96. The van der Waals surface area contributed by atoms with Gasteiger partial charge in [-0.3, -0.25) is 9.59 Å². The summed E-state index contributed by atoms with van der Waals surface area (Å²) in [6.45, 7) is 1.75. The van der Waals surface area contributed by atoms with Crippen molar-refractivity contribution in [3.8, 4) is 0 Å². The third kappa shape index (κ3) is 4.55. The molecule has 2 N–H and O–H groups in total. The van der Waals surface area contributed by atoms with E-state index in [1.54, 1.807) is 23.1 Å². The first-order valence-corrected chi connectivity index (χ1v) is 9.64. The molecule has 1 saturated heterocycles. The average Bonchev–Trinajstić information content (AvgIpc) is 2.68. The zero-order valence-corrected chi connectivity index (χ0v) is 15.8. The van der Waals surface area contributed by atoms with E-state index < -0.39 is 6.10 Å². The molecule has 26 heavy (non-hydrogen) atoms. The molecule has 0 radical (unpaired) electrons. The molecule has 142 valence electrons. The number of hydrogen-bond donors (Lipinski definition) is 2. The molecular formula is C19H26ClN3O3. The Bertz CT molecular complexity index is 655. The Morgan fingerprint density at radius 2 is 2.04 bits per heavy atom. The number of ether oxygens (including phenoxy) is 1. The Morgan fingerprint density at radius 1 is 1.27 bits per heavy atom. The van der Waals surface area contributed by atoms with E-state index in [1.807, 2.05) is 7.05 Å². The first-order valence-electron chi connectivity index (χ1n) is 9.26. The van der Waals surface area contributed by atoms with Crippen LogP contribution in [0.15, 0.2) is 18.2 Å². The van der Waals surface area contributed by atoms with E-state index in [2.05, 4.69) is 10.6 Å². The van der Waals surface area contributed by atoms with Gasteiger partial charge in [0.1, 0.15) is 6.10 Å². The van der Waals surface area contributed by atoms with Crippen LogP contribution in [0.2, 0.25) is 5.02 Å². The summed E-state index contributed by atoms with van der Waals surface area (Å²) in [6.07, 6.45) is 5.15. The van der Waals surface area contributed by atoms with Crippen LogP contribution in [0.3, 0.4) is 0 Å². The third-order valence-corrected chi connectivity index (χ3v) is 5.44. The van der Waals surface area contributed by atoms with E-state index in [-0.39, 0.29) is 17.9 Å². The Morgan fingerprint density at radius 3 is 2.69 bits per heavy atom. The van der Waals surface area contributed by atoms with Crippen LogP contribution >= 0.6 is 11.6 Å². The van der Waals surface area contributed by atoms with Gasteiger partial charge < -0.3 is 20.3 Å². The van der Waals surface area contributed by atoms with Gasteiger partial charge in [-0.2, -0.15) is 0 Å². The van der Waals surface area contributed by atoms with Crippen molar-refractivity contribution in [2.24, 2.45) is 0 Å². The second kappa shape index (κ2) is 8.84. The molecule has 6 nitrogen and oxygen atoms in total. The summed E-state index contributed by atoms with van der Waals surface area (Å²) in [5, 5.41) is 6.26. The molecule has 0 bridgehead atoms. The van der Waals surface area contributed by atoms with Gasteiger partial charge in [-0.25, -0.2) is 0 Å². The van der Waals surface area contributed by atoms with Gasteiger partial charge in [-0.05, 0) is 31.0 Å². The van der Waals surface area contributed by atoms with E-state index in [0.29, 0.717) is 29.4 Å². The molecule has 2 fully saturated rings. The lowest BCUT2D eigenvalue weighted by Crippen LogP contribution is -2.45. The molecular weight excluding hydrogens is 354 g/mol. The number of halogens is 1. The van der Waals surface area contributed by atoms with Gasteiger partial charge in [-0.1, -0.05) is 30.9 Å². The topological polar surface area (TPSA) is 70.7 Å². The van der Waals surface area contributed by atoms with Gasteiger partial charge in [0.2, 0.25) is 0 Å². The maximum atomic E-state index is 12.8. The van der Waals surface area contributed by atoms with Crippen LogP contribution in [0.25, 0.3) is 0 Å². The Balaban J connectivity index is 1.64. The van der Waals surface area contributed by atoms with Crippen molar-refractivity contribution in [1.29, 1.82) is 0 Å². The summed E-state index contributed by atoms with van der Waals surface area (Å²) in [5.74, 6) is -0.286. The van der Waals surface area contributed by atoms with Crippen LogP contribution in [-0.4, -0.2) is 55.6 Å². The Labute approximate surface area is 159 Å². The van der Waals surface area contributed by atoms with E-state index in [4.69, 9.17) is 16.3 Å². The molecule has 0 spiro atoms. The molecule has 0 aromatic heterocycles. The molecule has 2 amide bonds. The van der Waals surface area contributed by atoms with Gasteiger partial charge in [0.25, 0.3) is 11.8 Å². The lowest BCUT2D eigenvalue weighted by atomic mass is 9.94. The lowest BCUT2D eigenvalue weighted by Gasteiger charge is -2.31. The number of carbonyl (C=O) groups excluding carboxylic acids is 2. The van der Waals surface area contributed by atoms with E-state index in [0.717, 1.165) is 19.4 Å². The minimum absolute atomic E-state index is 0.0698. The molecule has 0 unspecified atom stereocenters. The molecule has 1 aliphatic carbocycles. The average molecular weight is 380 g/mol. The van der Waals surface area contributed by atoms with Crippen molar-refractivity contribution in [2.45, 2.75) is 44.2 Å². The number of anilines is 1. The standard InChI is InChI=1S/C19H26ClN3O3/c1-23(14-5-3-2-4-6-14)19(25)15-8-7-13(11-16(15)20)22-18(24)17-12-21-9-10-26-17/h7-8,11,14,17,21H,2-6,9-10,12H2,1H3,(H,22,24)/t17-/m1/s1. The number of benzene rings is 1. The molecule has 1 heterocycles. The molecule has 1 aromatic carbocycles. The van der Waals surface area contributed by atoms with Gasteiger partial charge >= 0.3 is 0 Å². The molecule has 1 aromatic rings. The maximum Gasteiger partial charge on any atom is 0.255 e. The van der Waals surface area contributed by atoms with Gasteiger partial charge in [0, 0.05) is 31.9 Å². The number of rotatable bonds is 4. The smallest absolute Gasteiger partial charge is 0.255 e. The highest BCUT2D eigenvalue weighted by atomic mass is 35.5. The predicted octanol–water partition coefficient (Wildman–Crippen LogP) is 2.67. The van der Waals surface area contributed by atoms with Crippen molar-refractivity contribution in [3.05, 3.63) is 28.8 Å². The largest absolute Gasteiger partial charge is 0.366 e. The van der Waals surface area contributed by atoms with Gasteiger partial charge in [-0.15, -0.1) is 0 Å². The van der Waals surface area contributed by atoms with E-state index >= 15 is 0 Å². The van der Waals surface area contributed by atoms with Crippen LogP contribution in [0.1, 0.15) is 42.5 Å². The minimum atomic E-state index is -0.513. The number of hydrogen-bond acceptors (Lipinski definition) is 4. The summed E-state index contributed by atoms with van der Waals surface area (Å²) in [4.78, 5) is 26.8. The predicted molar refractivity (Wildman–Crippen MR) is 102 cm³/mol. The summed E-state index contributed by atoms with van der Waals surface area (Å²) >= 11 is 6.33. The molecule has 2 aliphatic rings. The van der Waals surface area contributed by atoms with Crippen LogP contribution < -0.4 is 10.6 Å². The summed E-state index contributed by atoms with van der Waals surface area (Å²) in [5.41, 5.74) is 1.03. The molecule has 1 saturated carbocycles. The number of carbonyl (C=O) groups is 2. The molecule has 1 aliphatic heterocycles. The maximum absolute atomic E-state index is 12.8. The van der Waals surface area contributed by atoms with Gasteiger partial charge in [0.05, 0.1) is 17.2 Å². The Hall–Kier alpha value is -1.63. The fourth-order valence-corrected chi connectivity index (χ4v) is 3.81. The first-order chi connectivity index (χ1) is 12.6. The zero-order chi connectivity index (χ0) is 18.5. The highest BCUT2D eigenvalue weighted by molar-refractivity contribution is 6.34. The monoisotopic (exact) mass is 379 g/mol. The van der Waals surface area contributed by atoms with E-state index in [9.17, 15) is 9.59 Å². The van der Waals surface area contributed by atoms with E-state index in [1.165, 1.54) is 19.3 Å². The second-order valence-corrected chi connectivity index (χ2v) is 7.36. The number of nitrogens with one attached hydrogen (secondary N) is 2. The van der Waals surface area contributed by atoms with Crippen molar-refractivity contribution >= 4 is 29.1 Å². The van der Waals surface area contributed by atoms with Crippen LogP contribution in [-0.2, 0) is 9.53 Å². The first kappa shape index (κ1) is 19.1. The highest BCUT2D eigenvalue weighted by Crippen LogP contribution is 2.26. The quantitative estimate of drug-likeness (QED) is 0.843.